The van der Waals surface area contributed by atoms with E-state index in [-0.39, 0.29) is 12.6 Å². The highest BCUT2D eigenvalue weighted by Gasteiger charge is 2.17. The van der Waals surface area contributed by atoms with E-state index in [1.165, 1.54) is 0 Å². The number of aromatic nitrogens is 4. The smallest absolute Gasteiger partial charge is 0.229 e. The monoisotopic (exact) mass is 388 g/mol. The van der Waals surface area contributed by atoms with Crippen molar-refractivity contribution in [3.8, 4) is 0 Å². The molecule has 0 aliphatic carbocycles. The van der Waals surface area contributed by atoms with E-state index in [1.54, 1.807) is 6.33 Å². The Morgan fingerprint density at radius 3 is 2.59 bits per heavy atom. The largest absolute Gasteiger partial charge is 0.395 e. The number of aliphatic hydroxyl groups excluding tert-OH is 1. The first kappa shape index (κ1) is 19.4. The zero-order valence-corrected chi connectivity index (χ0v) is 16.6. The summed E-state index contributed by atoms with van der Waals surface area (Å²) in [4.78, 5) is 15.9. The van der Waals surface area contributed by atoms with Crippen molar-refractivity contribution in [1.29, 1.82) is 0 Å². The first-order valence-corrected chi connectivity index (χ1v) is 9.50. The second-order valence-corrected chi connectivity index (χ2v) is 7.01. The average molecular weight is 389 g/mol. The predicted octanol–water partition coefficient (Wildman–Crippen LogP) is 3.49. The molecule has 0 fully saturated rings. The summed E-state index contributed by atoms with van der Waals surface area (Å²) in [5, 5.41) is 13.4. The van der Waals surface area contributed by atoms with Gasteiger partial charge in [0.1, 0.15) is 0 Å². The number of hydrogen-bond donors (Lipinski definition) is 2. The molecule has 0 saturated heterocycles. The number of nitrogens with one attached hydrogen (secondary N) is 1. The molecule has 0 unspecified atom stereocenters. The molecule has 1 aromatic carbocycles. The van der Waals surface area contributed by atoms with Crippen molar-refractivity contribution in [1.82, 2.24) is 19.5 Å². The molecule has 8 heteroatoms. The van der Waals surface area contributed by atoms with Crippen LogP contribution in [0.25, 0.3) is 11.2 Å². The standard InChI is InChI=1S/C19H25ClN6O/c1-4-25(9-10-27)19-23-17(21-11-14-5-7-15(20)8-6-14)16-18(24-19)26(12-22-16)13(2)3/h5-8,12-13,27H,4,9-11H2,1-3H3,(H,21,23,24). The summed E-state index contributed by atoms with van der Waals surface area (Å²) < 4.78 is 2.03. The molecule has 0 atom stereocenters. The van der Waals surface area contributed by atoms with Crippen molar-refractivity contribution in [2.45, 2.75) is 33.4 Å². The lowest BCUT2D eigenvalue weighted by Crippen LogP contribution is -2.28. The third-order valence-corrected chi connectivity index (χ3v) is 4.63. The van der Waals surface area contributed by atoms with Crippen LogP contribution in [-0.4, -0.2) is 44.3 Å². The molecule has 3 aromatic rings. The van der Waals surface area contributed by atoms with Gasteiger partial charge in [0.2, 0.25) is 5.95 Å². The first-order chi connectivity index (χ1) is 13.0. The van der Waals surface area contributed by atoms with Crippen LogP contribution in [0, 0.1) is 0 Å². The van der Waals surface area contributed by atoms with Crippen LogP contribution in [0.3, 0.4) is 0 Å². The zero-order chi connectivity index (χ0) is 19.4. The van der Waals surface area contributed by atoms with Crippen molar-refractivity contribution in [3.63, 3.8) is 0 Å². The van der Waals surface area contributed by atoms with Gasteiger partial charge in [-0.3, -0.25) is 0 Å². The predicted molar refractivity (Wildman–Crippen MR) is 109 cm³/mol. The minimum absolute atomic E-state index is 0.0478. The number of likely N-dealkylation sites (N-methyl/N-ethyl adjacent to an activating group) is 1. The number of hydrogen-bond acceptors (Lipinski definition) is 6. The summed E-state index contributed by atoms with van der Waals surface area (Å²) in [6.07, 6.45) is 1.80. The van der Waals surface area contributed by atoms with Crippen LogP contribution in [-0.2, 0) is 6.54 Å². The lowest BCUT2D eigenvalue weighted by Gasteiger charge is -2.21. The van der Waals surface area contributed by atoms with Gasteiger partial charge in [-0.25, -0.2) is 4.98 Å². The molecule has 7 nitrogen and oxygen atoms in total. The normalized spacial score (nSPS) is 11.3. The number of rotatable bonds is 8. The molecule has 0 saturated carbocycles. The molecular weight excluding hydrogens is 364 g/mol. The number of fused-ring (bicyclic) bond motifs is 1. The highest BCUT2D eigenvalue weighted by atomic mass is 35.5. The molecule has 2 N–H and O–H groups in total. The Balaban J connectivity index is 1.99. The summed E-state index contributed by atoms with van der Waals surface area (Å²) >= 11 is 5.96. The molecule has 0 spiro atoms. The topological polar surface area (TPSA) is 79.1 Å². The van der Waals surface area contributed by atoms with Crippen molar-refractivity contribution >= 4 is 34.5 Å². The molecule has 2 aromatic heterocycles. The van der Waals surface area contributed by atoms with E-state index >= 15 is 0 Å². The zero-order valence-electron chi connectivity index (χ0n) is 15.9. The Kier molecular flexibility index (Phi) is 6.13. The van der Waals surface area contributed by atoms with Crippen LogP contribution in [0.4, 0.5) is 11.8 Å². The van der Waals surface area contributed by atoms with Crippen molar-refractivity contribution in [3.05, 3.63) is 41.2 Å². The van der Waals surface area contributed by atoms with Crippen molar-refractivity contribution in [2.75, 3.05) is 29.9 Å². The number of imidazole rings is 1. The van der Waals surface area contributed by atoms with Gasteiger partial charge in [0.15, 0.2) is 17.0 Å². The Labute approximate surface area is 164 Å². The second-order valence-electron chi connectivity index (χ2n) is 6.57. The maximum atomic E-state index is 9.35. The fraction of sp³-hybridized carbons (Fsp3) is 0.421. The molecular formula is C19H25ClN6O. The summed E-state index contributed by atoms with van der Waals surface area (Å²) in [5.41, 5.74) is 2.62. The van der Waals surface area contributed by atoms with Gasteiger partial charge < -0.3 is 19.9 Å². The van der Waals surface area contributed by atoms with Gasteiger partial charge in [-0.1, -0.05) is 23.7 Å². The van der Waals surface area contributed by atoms with Crippen LogP contribution in [0.1, 0.15) is 32.4 Å². The lowest BCUT2D eigenvalue weighted by molar-refractivity contribution is 0.302. The third-order valence-electron chi connectivity index (χ3n) is 4.37. The summed E-state index contributed by atoms with van der Waals surface area (Å²) in [5.74, 6) is 1.26. The van der Waals surface area contributed by atoms with E-state index in [4.69, 9.17) is 16.6 Å². The first-order valence-electron chi connectivity index (χ1n) is 9.12. The Morgan fingerprint density at radius 1 is 1.22 bits per heavy atom. The fourth-order valence-electron chi connectivity index (χ4n) is 2.86. The minimum Gasteiger partial charge on any atom is -0.395 e. The molecule has 3 rings (SSSR count). The van der Waals surface area contributed by atoms with E-state index in [1.807, 2.05) is 40.7 Å². The second kappa shape index (κ2) is 8.54. The molecule has 144 valence electrons. The molecule has 27 heavy (non-hydrogen) atoms. The van der Waals surface area contributed by atoms with Crippen molar-refractivity contribution < 1.29 is 5.11 Å². The van der Waals surface area contributed by atoms with Gasteiger partial charge in [-0.15, -0.1) is 0 Å². The van der Waals surface area contributed by atoms with Crippen LogP contribution in [0.2, 0.25) is 5.02 Å². The third kappa shape index (κ3) is 4.31. The average Bonchev–Trinajstić information content (AvgIpc) is 3.09. The van der Waals surface area contributed by atoms with Crippen LogP contribution in [0.15, 0.2) is 30.6 Å². The number of halogens is 1. The van der Waals surface area contributed by atoms with Gasteiger partial charge in [0.25, 0.3) is 0 Å². The lowest BCUT2D eigenvalue weighted by atomic mass is 10.2. The number of anilines is 2. The molecule has 0 aliphatic rings. The summed E-state index contributed by atoms with van der Waals surface area (Å²) in [7, 11) is 0. The van der Waals surface area contributed by atoms with Crippen LogP contribution in [0.5, 0.6) is 0 Å². The summed E-state index contributed by atoms with van der Waals surface area (Å²) in [6, 6.07) is 7.92. The maximum absolute atomic E-state index is 9.35. The van der Waals surface area contributed by atoms with E-state index < -0.39 is 0 Å². The van der Waals surface area contributed by atoms with Gasteiger partial charge in [0.05, 0.1) is 12.9 Å². The minimum atomic E-state index is 0.0478. The Hall–Kier alpha value is -2.38. The molecule has 0 radical (unpaired) electrons. The van der Waals surface area contributed by atoms with Gasteiger partial charge in [-0.2, -0.15) is 9.97 Å². The van der Waals surface area contributed by atoms with E-state index in [2.05, 4.69) is 29.1 Å². The SMILES string of the molecule is CCN(CCO)c1nc(NCc2ccc(Cl)cc2)c2ncn(C(C)C)c2n1. The highest BCUT2D eigenvalue weighted by Crippen LogP contribution is 2.25. The fourth-order valence-corrected chi connectivity index (χ4v) is 2.98. The number of aliphatic hydroxyl groups is 1. The summed E-state index contributed by atoms with van der Waals surface area (Å²) in [6.45, 7) is 8.04. The maximum Gasteiger partial charge on any atom is 0.229 e. The van der Waals surface area contributed by atoms with Crippen LogP contribution < -0.4 is 10.2 Å². The quantitative estimate of drug-likeness (QED) is 0.615. The van der Waals surface area contributed by atoms with Crippen molar-refractivity contribution in [2.24, 2.45) is 0 Å². The van der Waals surface area contributed by atoms with Gasteiger partial charge >= 0.3 is 0 Å². The molecule has 0 aliphatic heterocycles. The molecule has 0 amide bonds. The number of nitrogens with zero attached hydrogens (tertiary/aromatic N) is 5. The van der Waals surface area contributed by atoms with E-state index in [0.29, 0.717) is 36.4 Å². The Morgan fingerprint density at radius 2 is 1.96 bits per heavy atom. The molecule has 0 bridgehead atoms. The highest BCUT2D eigenvalue weighted by molar-refractivity contribution is 6.30. The van der Waals surface area contributed by atoms with Gasteiger partial charge in [0, 0.05) is 30.7 Å². The number of benzene rings is 1. The van der Waals surface area contributed by atoms with Crippen LogP contribution >= 0.6 is 11.6 Å². The van der Waals surface area contributed by atoms with E-state index in [0.717, 1.165) is 16.7 Å². The van der Waals surface area contributed by atoms with E-state index in [9.17, 15) is 5.11 Å². The Bertz CT molecular complexity index is 893. The molecule has 2 heterocycles. The van der Waals surface area contributed by atoms with Gasteiger partial charge in [-0.05, 0) is 38.5 Å².